The number of rotatable bonds is 21. The quantitative estimate of drug-likeness (QED) is 0.0664. The second-order valence-corrected chi connectivity index (χ2v) is 25.3. The lowest BCUT2D eigenvalue weighted by Gasteiger charge is -2.35. The van der Waals surface area contributed by atoms with Crippen LogP contribution in [0.2, 0.25) is 0 Å². The first-order valence-electron chi connectivity index (χ1n) is 33.5. The maximum atomic E-state index is 2.53. The number of nitrogens with zero attached hydrogens (tertiary/aromatic N) is 3. The monoisotopic (exact) mass is 1200 g/mol. The Morgan fingerprint density at radius 1 is 0.280 bits per heavy atom. The molecule has 2 aliphatic carbocycles. The predicted molar refractivity (Wildman–Crippen MR) is 394 cm³/mol. The summed E-state index contributed by atoms with van der Waals surface area (Å²) in [7, 11) is 2.13. The Morgan fingerprint density at radius 2 is 0.667 bits per heavy atom. The molecule has 1 unspecified atom stereocenters. The Hall–Kier alpha value is -10.7. The molecule has 0 saturated carbocycles. The standard InChI is InChI=1S/C90H77N3/c1-3-4-5-6-7-12-23-65-36-48-76(49-37-65)90(77-27-22-26-71(62-77)69-24-21-25-70(60-69)73-41-39-66-38-40-72(66)61-73)88-63-74(67-42-50-83(51-43-67)92(80-30-15-9-16-31-80)81-32-17-10-18-33-81)46-58-86(88)87-59-47-75(64-89(87)90)68-44-52-84(53-45-68)93(82-34-19-11-20-35-82)85-56-54-79(55-57-85)91(2)78-28-13-8-14-29-78/h8-11,13-22,24-37,39,41-64H,3-7,12,23,38,40H2,1-2H3. The second kappa shape index (κ2) is 26.2. The van der Waals surface area contributed by atoms with E-state index in [0.717, 1.165) is 63.9 Å². The Kier molecular flexibility index (Phi) is 16.5. The summed E-state index contributed by atoms with van der Waals surface area (Å²) < 4.78 is 0. The smallest absolute Gasteiger partial charge is 0.0714 e. The van der Waals surface area contributed by atoms with Gasteiger partial charge in [-0.05, 0) is 242 Å². The highest BCUT2D eigenvalue weighted by molar-refractivity contribution is 5.92. The van der Waals surface area contributed by atoms with Gasteiger partial charge in [-0.25, -0.2) is 0 Å². The summed E-state index contributed by atoms with van der Waals surface area (Å²) in [6, 6.07) is 120. The van der Waals surface area contributed by atoms with E-state index in [9.17, 15) is 0 Å². The van der Waals surface area contributed by atoms with E-state index >= 15 is 0 Å². The van der Waals surface area contributed by atoms with Gasteiger partial charge in [0.25, 0.3) is 0 Å². The molecular weight excluding hydrogens is 1120 g/mol. The molecule has 15 rings (SSSR count). The molecule has 0 aromatic heterocycles. The van der Waals surface area contributed by atoms with Crippen molar-refractivity contribution in [1.82, 2.24) is 0 Å². The summed E-state index contributed by atoms with van der Waals surface area (Å²) in [6.45, 7) is 2.30. The first-order chi connectivity index (χ1) is 46.0. The molecule has 0 bridgehead atoms. The highest BCUT2D eigenvalue weighted by Gasteiger charge is 2.47. The second-order valence-electron chi connectivity index (χ2n) is 25.3. The third-order valence-electron chi connectivity index (χ3n) is 19.6. The van der Waals surface area contributed by atoms with Gasteiger partial charge >= 0.3 is 0 Å². The van der Waals surface area contributed by atoms with Gasteiger partial charge in [-0.15, -0.1) is 0 Å². The lowest BCUT2D eigenvalue weighted by molar-refractivity contribution is 0.607. The van der Waals surface area contributed by atoms with E-state index in [4.69, 9.17) is 0 Å². The maximum absolute atomic E-state index is 2.53. The number of anilines is 8. The van der Waals surface area contributed by atoms with Crippen molar-refractivity contribution in [3.05, 3.63) is 360 Å². The van der Waals surface area contributed by atoms with Crippen LogP contribution in [0.3, 0.4) is 0 Å². The van der Waals surface area contributed by atoms with Crippen LogP contribution in [-0.4, -0.2) is 7.05 Å². The van der Waals surface area contributed by atoms with Crippen molar-refractivity contribution < 1.29 is 0 Å². The highest BCUT2D eigenvalue weighted by atomic mass is 15.2. The fourth-order valence-corrected chi connectivity index (χ4v) is 14.5. The Labute approximate surface area is 550 Å². The van der Waals surface area contributed by atoms with Crippen molar-refractivity contribution in [1.29, 1.82) is 0 Å². The molecule has 3 nitrogen and oxygen atoms in total. The normalized spacial score (nSPS) is 13.5. The number of hydrogen-bond acceptors (Lipinski definition) is 3. The fraction of sp³-hybridized carbons (Fsp3) is 0.133. The van der Waals surface area contributed by atoms with Crippen LogP contribution < -0.4 is 14.7 Å². The van der Waals surface area contributed by atoms with Gasteiger partial charge in [0, 0.05) is 52.5 Å². The van der Waals surface area contributed by atoms with Crippen LogP contribution in [0, 0.1) is 0 Å². The summed E-state index contributed by atoms with van der Waals surface area (Å²) in [5.74, 6) is 0. The Morgan fingerprint density at radius 3 is 1.16 bits per heavy atom. The van der Waals surface area contributed by atoms with Crippen LogP contribution in [-0.2, 0) is 24.7 Å². The van der Waals surface area contributed by atoms with Gasteiger partial charge in [-0.2, -0.15) is 0 Å². The topological polar surface area (TPSA) is 9.72 Å². The Bertz CT molecular complexity index is 4660. The fourth-order valence-electron chi connectivity index (χ4n) is 14.5. The van der Waals surface area contributed by atoms with E-state index in [1.807, 2.05) is 0 Å². The molecule has 2 aliphatic rings. The van der Waals surface area contributed by atoms with E-state index in [1.165, 1.54) is 134 Å². The number of benzene rings is 13. The van der Waals surface area contributed by atoms with E-state index in [2.05, 4.69) is 350 Å². The van der Waals surface area contributed by atoms with E-state index in [0.29, 0.717) is 0 Å². The average molecular weight is 1200 g/mol. The van der Waals surface area contributed by atoms with Crippen LogP contribution in [0.5, 0.6) is 0 Å². The Balaban J connectivity index is 0.866. The van der Waals surface area contributed by atoms with Crippen molar-refractivity contribution in [2.75, 3.05) is 21.7 Å². The molecule has 0 aliphatic heterocycles. The molecule has 0 spiro atoms. The molecule has 0 fully saturated rings. The largest absolute Gasteiger partial charge is 0.345 e. The summed E-state index contributed by atoms with van der Waals surface area (Å²) in [5.41, 5.74) is 29.8. The van der Waals surface area contributed by atoms with Gasteiger partial charge in [0.05, 0.1) is 5.41 Å². The van der Waals surface area contributed by atoms with Gasteiger partial charge in [0.15, 0.2) is 0 Å². The molecule has 0 saturated heterocycles. The zero-order valence-corrected chi connectivity index (χ0v) is 53.3. The van der Waals surface area contributed by atoms with Gasteiger partial charge in [-0.1, -0.05) is 239 Å². The van der Waals surface area contributed by atoms with Crippen LogP contribution in [0.4, 0.5) is 45.5 Å². The molecular formula is C90H77N3. The summed E-state index contributed by atoms with van der Waals surface area (Å²) >= 11 is 0. The predicted octanol–water partition coefficient (Wildman–Crippen LogP) is 24.4. The minimum Gasteiger partial charge on any atom is -0.345 e. The van der Waals surface area contributed by atoms with Crippen LogP contribution >= 0.6 is 0 Å². The van der Waals surface area contributed by atoms with Crippen molar-refractivity contribution in [2.45, 2.75) is 70.1 Å². The third kappa shape index (κ3) is 11.7. The van der Waals surface area contributed by atoms with Crippen molar-refractivity contribution in [3.8, 4) is 55.6 Å². The van der Waals surface area contributed by atoms with E-state index < -0.39 is 5.41 Å². The highest BCUT2D eigenvalue weighted by Crippen LogP contribution is 2.58. The van der Waals surface area contributed by atoms with Crippen molar-refractivity contribution in [3.63, 3.8) is 0 Å². The number of para-hydroxylation sites is 4. The first-order valence-corrected chi connectivity index (χ1v) is 33.5. The van der Waals surface area contributed by atoms with Crippen molar-refractivity contribution >= 4 is 45.5 Å². The molecule has 0 N–H and O–H groups in total. The molecule has 13 aromatic rings. The molecule has 0 amide bonds. The van der Waals surface area contributed by atoms with Crippen molar-refractivity contribution in [2.24, 2.45) is 0 Å². The van der Waals surface area contributed by atoms with Gasteiger partial charge in [-0.3, -0.25) is 0 Å². The van der Waals surface area contributed by atoms with E-state index in [1.54, 1.807) is 0 Å². The SMILES string of the molecule is CCCCCCCCc1ccc(C2(c3cccc(-c4cccc(-c5ccc6c(c5)CC6)c4)c3)c3cc(-c4ccc(N(c5ccccc5)c5ccccc5)cc4)ccc3-c3ccc(-c4ccc(N(c5ccccc5)c5ccc(N(C)c6ccccc6)cc5)cc4)cc32)cc1. The number of aryl methyl sites for hydroxylation is 3. The molecule has 3 heteroatoms. The first kappa shape index (κ1) is 58.6. The molecule has 1 atom stereocenters. The van der Waals surface area contributed by atoms with Gasteiger partial charge in [0.1, 0.15) is 0 Å². The summed E-state index contributed by atoms with van der Waals surface area (Å²) in [4.78, 5) is 6.93. The molecule has 0 radical (unpaired) electrons. The lowest BCUT2D eigenvalue weighted by Crippen LogP contribution is -2.29. The zero-order valence-electron chi connectivity index (χ0n) is 53.3. The number of unbranched alkanes of at least 4 members (excludes halogenated alkanes) is 5. The zero-order chi connectivity index (χ0) is 62.5. The average Bonchev–Trinajstić information content (AvgIpc) is 1.55. The summed E-state index contributed by atoms with van der Waals surface area (Å²) in [6.07, 6.45) is 11.1. The molecule has 0 heterocycles. The van der Waals surface area contributed by atoms with Crippen LogP contribution in [0.15, 0.2) is 322 Å². The minimum absolute atomic E-state index is 0.702. The van der Waals surface area contributed by atoms with Gasteiger partial charge in [0.2, 0.25) is 0 Å². The third-order valence-corrected chi connectivity index (χ3v) is 19.6. The van der Waals surface area contributed by atoms with Crippen LogP contribution in [0.25, 0.3) is 55.6 Å². The summed E-state index contributed by atoms with van der Waals surface area (Å²) in [5, 5.41) is 0. The molecule has 13 aromatic carbocycles. The lowest BCUT2D eigenvalue weighted by atomic mass is 9.66. The molecule has 452 valence electrons. The van der Waals surface area contributed by atoms with Crippen LogP contribution in [0.1, 0.15) is 84.4 Å². The number of hydrogen-bond donors (Lipinski definition) is 0. The maximum Gasteiger partial charge on any atom is 0.0714 e. The minimum atomic E-state index is -0.702. The van der Waals surface area contributed by atoms with E-state index in [-0.39, 0.29) is 0 Å². The number of fused-ring (bicyclic) bond motifs is 4. The van der Waals surface area contributed by atoms with Gasteiger partial charge < -0.3 is 14.7 Å². The molecule has 93 heavy (non-hydrogen) atoms.